The number of rotatable bonds is 45. The van der Waals surface area contributed by atoms with E-state index in [9.17, 15) is 19.4 Å². The van der Waals surface area contributed by atoms with Gasteiger partial charge in [-0.1, -0.05) is 232 Å². The average molecular weight is 789 g/mol. The summed E-state index contributed by atoms with van der Waals surface area (Å²) in [5.74, 6) is -0.156. The summed E-state index contributed by atoms with van der Waals surface area (Å²) in [4.78, 5) is 22.8. The summed E-state index contributed by atoms with van der Waals surface area (Å²) in [6.45, 7) is 4.24. The largest absolute Gasteiger partial charge is 0.472 e. The summed E-state index contributed by atoms with van der Waals surface area (Å²) in [6, 6.07) is -0.767. The van der Waals surface area contributed by atoms with E-state index in [1.807, 2.05) is 0 Å². The van der Waals surface area contributed by atoms with Gasteiger partial charge in [0.15, 0.2) is 0 Å². The second kappa shape index (κ2) is 42.1. The van der Waals surface area contributed by atoms with E-state index < -0.39 is 20.0 Å². The number of unbranched alkanes of at least 4 members (excludes halogenated alkanes) is 33. The molecule has 3 atom stereocenters. The maximum atomic E-state index is 12.8. The molecular formula is C45H93N2O6P. The maximum absolute atomic E-state index is 12.8. The molecule has 0 bridgehead atoms. The fourth-order valence-corrected chi connectivity index (χ4v) is 8.13. The normalized spacial score (nSPS) is 13.9. The number of carbonyl (C=O) groups excluding carboxylic acids is 1. The van der Waals surface area contributed by atoms with Crippen molar-refractivity contribution in [3.63, 3.8) is 0 Å². The molecule has 5 N–H and O–H groups in total. The first-order valence-corrected chi connectivity index (χ1v) is 25.1. The van der Waals surface area contributed by atoms with Crippen molar-refractivity contribution in [3.8, 4) is 0 Å². The van der Waals surface area contributed by atoms with Crippen LogP contribution in [-0.4, -0.2) is 47.8 Å². The van der Waals surface area contributed by atoms with Gasteiger partial charge in [-0.2, -0.15) is 0 Å². The molecule has 0 spiro atoms. The van der Waals surface area contributed by atoms with Crippen molar-refractivity contribution in [2.45, 2.75) is 264 Å². The third kappa shape index (κ3) is 39.7. The molecular weight excluding hydrogens is 695 g/mol. The van der Waals surface area contributed by atoms with E-state index in [4.69, 9.17) is 14.8 Å². The van der Waals surface area contributed by atoms with E-state index in [1.54, 1.807) is 0 Å². The molecule has 324 valence electrons. The number of nitrogens with one attached hydrogen (secondary N) is 1. The Kier molecular flexibility index (Phi) is 41.7. The average Bonchev–Trinajstić information content (AvgIpc) is 3.16. The van der Waals surface area contributed by atoms with Crippen molar-refractivity contribution in [2.24, 2.45) is 5.73 Å². The minimum absolute atomic E-state index is 0.0925. The highest BCUT2D eigenvalue weighted by Crippen LogP contribution is 2.43. The Labute approximate surface area is 335 Å². The van der Waals surface area contributed by atoms with Crippen LogP contribution in [0, 0.1) is 0 Å². The molecule has 9 heteroatoms. The minimum Gasteiger partial charge on any atom is -0.391 e. The van der Waals surface area contributed by atoms with Crippen LogP contribution in [0.2, 0.25) is 0 Å². The number of phosphoric acid groups is 1. The Balaban J connectivity index is 4.00. The Hall–Kier alpha value is -0.500. The van der Waals surface area contributed by atoms with Gasteiger partial charge in [-0.05, 0) is 12.8 Å². The molecule has 0 aliphatic heterocycles. The fraction of sp³-hybridized carbons (Fsp3) is 0.978. The Morgan fingerprint density at radius 3 is 1.19 bits per heavy atom. The van der Waals surface area contributed by atoms with Crippen molar-refractivity contribution < 1.29 is 28.4 Å². The van der Waals surface area contributed by atoms with Gasteiger partial charge in [0.2, 0.25) is 5.91 Å². The van der Waals surface area contributed by atoms with Gasteiger partial charge in [0.25, 0.3) is 0 Å². The second-order valence-electron chi connectivity index (χ2n) is 16.3. The summed E-state index contributed by atoms with van der Waals surface area (Å²) in [7, 11) is -4.31. The summed E-state index contributed by atoms with van der Waals surface area (Å²) in [5, 5.41) is 13.8. The van der Waals surface area contributed by atoms with Gasteiger partial charge in [-0.3, -0.25) is 13.8 Å². The molecule has 0 aliphatic rings. The van der Waals surface area contributed by atoms with E-state index in [-0.39, 0.29) is 25.7 Å². The van der Waals surface area contributed by atoms with Gasteiger partial charge in [0.1, 0.15) is 0 Å². The van der Waals surface area contributed by atoms with Crippen LogP contribution in [-0.2, 0) is 18.4 Å². The topological polar surface area (TPSA) is 131 Å². The van der Waals surface area contributed by atoms with Crippen LogP contribution in [0.15, 0.2) is 0 Å². The lowest BCUT2D eigenvalue weighted by molar-refractivity contribution is -0.123. The molecule has 0 rings (SSSR count). The molecule has 0 heterocycles. The zero-order valence-corrected chi connectivity index (χ0v) is 36.9. The van der Waals surface area contributed by atoms with Crippen LogP contribution >= 0.6 is 7.82 Å². The number of aliphatic hydroxyl groups excluding tert-OH is 1. The molecule has 0 aliphatic carbocycles. The number of hydrogen-bond donors (Lipinski definition) is 4. The highest BCUT2D eigenvalue weighted by atomic mass is 31.2. The monoisotopic (exact) mass is 789 g/mol. The summed E-state index contributed by atoms with van der Waals surface area (Å²) in [6.07, 6.45) is 45.5. The van der Waals surface area contributed by atoms with Crippen LogP contribution in [0.4, 0.5) is 0 Å². The standard InChI is InChI=1S/C45H93N2O6P/c1-3-5-7-9-11-13-15-17-18-19-20-21-22-23-24-25-27-29-31-33-35-37-39-45(49)47-43(42-53-54(50,51)52-41-40-46)44(48)38-36-34-32-30-28-26-16-14-12-10-8-6-4-2/h43-44,48H,3-42,46H2,1-2H3,(H,47,49)(H,50,51)/t43-,44+/m0/s1. The van der Waals surface area contributed by atoms with E-state index in [2.05, 4.69) is 19.2 Å². The van der Waals surface area contributed by atoms with Gasteiger partial charge in [-0.15, -0.1) is 0 Å². The summed E-state index contributed by atoms with van der Waals surface area (Å²) >= 11 is 0. The summed E-state index contributed by atoms with van der Waals surface area (Å²) in [5.41, 5.74) is 5.38. The molecule has 1 unspecified atom stereocenters. The molecule has 8 nitrogen and oxygen atoms in total. The zero-order chi connectivity index (χ0) is 39.6. The van der Waals surface area contributed by atoms with Crippen molar-refractivity contribution in [1.82, 2.24) is 5.32 Å². The van der Waals surface area contributed by atoms with Gasteiger partial charge in [-0.25, -0.2) is 4.57 Å². The first kappa shape index (κ1) is 53.5. The van der Waals surface area contributed by atoms with Crippen molar-refractivity contribution in [2.75, 3.05) is 19.8 Å². The van der Waals surface area contributed by atoms with E-state index in [0.717, 1.165) is 38.5 Å². The first-order chi connectivity index (χ1) is 26.4. The van der Waals surface area contributed by atoms with E-state index in [0.29, 0.717) is 12.8 Å². The lowest BCUT2D eigenvalue weighted by atomic mass is 10.0. The molecule has 0 radical (unpaired) electrons. The highest BCUT2D eigenvalue weighted by molar-refractivity contribution is 7.47. The number of phosphoric ester groups is 1. The van der Waals surface area contributed by atoms with Gasteiger partial charge >= 0.3 is 7.82 Å². The number of nitrogens with two attached hydrogens (primary N) is 1. The lowest BCUT2D eigenvalue weighted by Crippen LogP contribution is -2.46. The smallest absolute Gasteiger partial charge is 0.391 e. The third-order valence-electron chi connectivity index (χ3n) is 11.0. The zero-order valence-electron chi connectivity index (χ0n) is 36.0. The van der Waals surface area contributed by atoms with Crippen LogP contribution in [0.5, 0.6) is 0 Å². The Morgan fingerprint density at radius 2 is 0.852 bits per heavy atom. The lowest BCUT2D eigenvalue weighted by Gasteiger charge is -2.25. The Bertz CT molecular complexity index is 819. The molecule has 0 aromatic heterocycles. The first-order valence-electron chi connectivity index (χ1n) is 23.7. The fourth-order valence-electron chi connectivity index (χ4n) is 7.37. The number of hydrogen-bond acceptors (Lipinski definition) is 6. The molecule has 1 amide bonds. The summed E-state index contributed by atoms with van der Waals surface area (Å²) < 4.78 is 22.2. The maximum Gasteiger partial charge on any atom is 0.472 e. The van der Waals surface area contributed by atoms with Crippen molar-refractivity contribution in [1.29, 1.82) is 0 Å². The second-order valence-corrected chi connectivity index (χ2v) is 17.8. The molecule has 0 saturated heterocycles. The molecule has 0 aromatic carbocycles. The quantitative estimate of drug-likeness (QED) is 0.0357. The predicted octanol–water partition coefficient (Wildman–Crippen LogP) is 13.4. The third-order valence-corrected chi connectivity index (χ3v) is 11.9. The van der Waals surface area contributed by atoms with Gasteiger partial charge < -0.3 is 21.1 Å². The molecule has 0 saturated carbocycles. The minimum atomic E-state index is -4.31. The van der Waals surface area contributed by atoms with Crippen LogP contribution in [0.25, 0.3) is 0 Å². The molecule has 0 aromatic rings. The van der Waals surface area contributed by atoms with Crippen molar-refractivity contribution in [3.05, 3.63) is 0 Å². The molecule has 54 heavy (non-hydrogen) atoms. The number of amides is 1. The predicted molar refractivity (Wildman–Crippen MR) is 231 cm³/mol. The Morgan fingerprint density at radius 1 is 0.537 bits per heavy atom. The van der Waals surface area contributed by atoms with Gasteiger partial charge in [0, 0.05) is 13.0 Å². The van der Waals surface area contributed by atoms with Crippen molar-refractivity contribution >= 4 is 13.7 Å². The van der Waals surface area contributed by atoms with Crippen LogP contribution in [0.3, 0.4) is 0 Å². The SMILES string of the molecule is CCCCCCCCCCCCCCCCCCCCCCCCC(=O)N[C@@H](COP(=O)(O)OCCN)[C@H](O)CCCCCCCCCCCCCCC. The van der Waals surface area contributed by atoms with Crippen LogP contribution in [0.1, 0.15) is 251 Å². The molecule has 0 fully saturated rings. The van der Waals surface area contributed by atoms with E-state index in [1.165, 1.54) is 186 Å². The number of carbonyl (C=O) groups is 1. The van der Waals surface area contributed by atoms with Crippen LogP contribution < -0.4 is 11.1 Å². The highest BCUT2D eigenvalue weighted by Gasteiger charge is 2.27. The van der Waals surface area contributed by atoms with Gasteiger partial charge in [0.05, 0.1) is 25.4 Å². The van der Waals surface area contributed by atoms with E-state index >= 15 is 0 Å². The number of aliphatic hydroxyl groups is 1.